The van der Waals surface area contributed by atoms with Crippen molar-refractivity contribution in [3.63, 3.8) is 0 Å². The molecule has 0 saturated carbocycles. The molecule has 5 heterocycles. The highest BCUT2D eigenvalue weighted by Gasteiger charge is 2.38. The van der Waals surface area contributed by atoms with E-state index in [1.54, 1.807) is 18.1 Å². The lowest BCUT2D eigenvalue weighted by molar-refractivity contribution is -0.0245. The van der Waals surface area contributed by atoms with Crippen molar-refractivity contribution in [1.29, 1.82) is 0 Å². The average molecular weight is 404 g/mol. The van der Waals surface area contributed by atoms with E-state index in [0.29, 0.717) is 19.0 Å². The zero-order valence-electron chi connectivity index (χ0n) is 17.3. The molecule has 2 N–H and O–H groups in total. The summed E-state index contributed by atoms with van der Waals surface area (Å²) < 4.78 is 15.3. The number of hydrogen-bond donors (Lipinski definition) is 1. The van der Waals surface area contributed by atoms with E-state index < -0.39 is 5.60 Å². The zero-order valence-corrected chi connectivity index (χ0v) is 17.3. The molecule has 30 heavy (non-hydrogen) atoms. The number of rotatable bonds is 4. The van der Waals surface area contributed by atoms with Crippen LogP contribution in [0, 0.1) is 6.92 Å². The molecule has 0 aliphatic carbocycles. The van der Waals surface area contributed by atoms with Crippen LogP contribution in [0.1, 0.15) is 17.7 Å². The minimum atomic E-state index is -0.511. The summed E-state index contributed by atoms with van der Waals surface area (Å²) in [4.78, 5) is 9.31. The number of pyridine rings is 1. The minimum Gasteiger partial charge on any atom is -0.384 e. The normalized spacial score (nSPS) is 19.0. The lowest BCUT2D eigenvalue weighted by atomic mass is 9.95. The van der Waals surface area contributed by atoms with Crippen molar-refractivity contribution in [2.24, 2.45) is 7.05 Å². The molecule has 8 heteroatoms. The van der Waals surface area contributed by atoms with E-state index in [-0.39, 0.29) is 0 Å². The zero-order chi connectivity index (χ0) is 20.9. The lowest BCUT2D eigenvalue weighted by Gasteiger charge is -2.26. The van der Waals surface area contributed by atoms with Crippen molar-refractivity contribution in [3.8, 4) is 22.5 Å². The van der Waals surface area contributed by atoms with Gasteiger partial charge in [-0.2, -0.15) is 5.10 Å². The molecule has 0 radical (unpaired) electrons. The maximum absolute atomic E-state index is 6.03. The van der Waals surface area contributed by atoms with Gasteiger partial charge in [0.05, 0.1) is 35.4 Å². The van der Waals surface area contributed by atoms with Crippen molar-refractivity contribution in [2.45, 2.75) is 18.9 Å². The van der Waals surface area contributed by atoms with Gasteiger partial charge < -0.3 is 15.2 Å². The molecule has 0 unspecified atom stereocenters. The Morgan fingerprint density at radius 1 is 1.23 bits per heavy atom. The predicted octanol–water partition coefficient (Wildman–Crippen LogP) is 2.95. The van der Waals surface area contributed by atoms with Crippen molar-refractivity contribution < 1.29 is 9.47 Å². The first-order chi connectivity index (χ1) is 14.5. The Morgan fingerprint density at radius 2 is 2.10 bits per heavy atom. The Bertz CT molecular complexity index is 1240. The molecule has 1 fully saturated rings. The molecule has 0 spiro atoms. The number of hydrogen-bond acceptors (Lipinski definition) is 6. The number of aromatic nitrogens is 5. The lowest BCUT2D eigenvalue weighted by Crippen LogP contribution is -2.30. The van der Waals surface area contributed by atoms with Gasteiger partial charge in [-0.25, -0.2) is 9.97 Å². The number of nitrogen functional groups attached to an aromatic ring is 1. The molecular formula is C22H24N6O2. The average Bonchev–Trinajstić information content (AvgIpc) is 3.45. The van der Waals surface area contributed by atoms with Gasteiger partial charge in [0.2, 0.25) is 0 Å². The van der Waals surface area contributed by atoms with E-state index in [1.807, 2.05) is 29.9 Å². The van der Waals surface area contributed by atoms with Gasteiger partial charge >= 0.3 is 0 Å². The fraction of sp³-hybridized carbons (Fsp3) is 0.318. The van der Waals surface area contributed by atoms with Gasteiger partial charge in [0.25, 0.3) is 0 Å². The van der Waals surface area contributed by atoms with Gasteiger partial charge in [0.1, 0.15) is 17.7 Å². The highest BCUT2D eigenvalue weighted by atomic mass is 16.5. The molecule has 0 amide bonds. The van der Waals surface area contributed by atoms with Crippen LogP contribution in [0.25, 0.3) is 28.0 Å². The summed E-state index contributed by atoms with van der Waals surface area (Å²) in [6, 6.07) is 8.16. The molecule has 8 nitrogen and oxygen atoms in total. The van der Waals surface area contributed by atoms with Crippen LogP contribution in [0.5, 0.6) is 0 Å². The summed E-state index contributed by atoms with van der Waals surface area (Å²) in [7, 11) is 3.62. The van der Waals surface area contributed by atoms with Crippen molar-refractivity contribution in [3.05, 3.63) is 54.2 Å². The maximum Gasteiger partial charge on any atom is 0.135 e. The van der Waals surface area contributed by atoms with Crippen LogP contribution in [-0.4, -0.2) is 44.5 Å². The second-order valence-electron chi connectivity index (χ2n) is 7.83. The standard InChI is InChI=1S/C22H24N6O2/c1-14-6-17(26-20(7-14)22(29-3)4-5-30-12-22)16-8-18(15-10-25-27(2)11-15)28-13-24-21(23)9-19(16)28/h6-11,13H,4-5,12,23H2,1-3H3/t22-/m1/s1. The van der Waals surface area contributed by atoms with Crippen LogP contribution in [0.3, 0.4) is 0 Å². The third-order valence-corrected chi connectivity index (χ3v) is 5.77. The Balaban J connectivity index is 1.73. The summed E-state index contributed by atoms with van der Waals surface area (Å²) in [5, 5.41) is 4.31. The van der Waals surface area contributed by atoms with Gasteiger partial charge in [-0.05, 0) is 30.7 Å². The quantitative estimate of drug-likeness (QED) is 0.562. The molecule has 1 aliphatic heterocycles. The first-order valence-electron chi connectivity index (χ1n) is 9.87. The summed E-state index contributed by atoms with van der Waals surface area (Å²) in [6.07, 6.45) is 6.35. The summed E-state index contributed by atoms with van der Waals surface area (Å²) in [5.74, 6) is 0.463. The van der Waals surface area contributed by atoms with E-state index in [2.05, 4.69) is 35.2 Å². The smallest absolute Gasteiger partial charge is 0.135 e. The number of methoxy groups -OCH3 is 1. The number of fused-ring (bicyclic) bond motifs is 1. The SMILES string of the molecule is CO[C@]1(c2cc(C)cc(-c3cc(-c4cnn(C)c4)n4cnc(N)cc34)n2)CCOC1. The number of anilines is 1. The first-order valence-corrected chi connectivity index (χ1v) is 9.87. The van der Waals surface area contributed by atoms with Crippen molar-refractivity contribution >= 4 is 11.3 Å². The fourth-order valence-electron chi connectivity index (χ4n) is 4.15. The topological polar surface area (TPSA) is 92.5 Å². The molecule has 1 saturated heterocycles. The second-order valence-corrected chi connectivity index (χ2v) is 7.83. The van der Waals surface area contributed by atoms with Gasteiger partial charge in [-0.1, -0.05) is 0 Å². The van der Waals surface area contributed by atoms with E-state index in [9.17, 15) is 0 Å². The second kappa shape index (κ2) is 6.93. The van der Waals surface area contributed by atoms with Gasteiger partial charge in [-0.3, -0.25) is 9.08 Å². The van der Waals surface area contributed by atoms with Crippen molar-refractivity contribution in [2.75, 3.05) is 26.1 Å². The molecule has 0 bridgehead atoms. The van der Waals surface area contributed by atoms with Crippen molar-refractivity contribution in [1.82, 2.24) is 24.1 Å². The molecule has 154 valence electrons. The number of ether oxygens (including phenoxy) is 2. The predicted molar refractivity (Wildman–Crippen MR) is 114 cm³/mol. The Labute approximate surface area is 174 Å². The van der Waals surface area contributed by atoms with Crippen LogP contribution < -0.4 is 5.73 Å². The monoisotopic (exact) mass is 404 g/mol. The van der Waals surface area contributed by atoms with E-state index in [1.165, 1.54) is 0 Å². The third-order valence-electron chi connectivity index (χ3n) is 5.77. The fourth-order valence-corrected chi connectivity index (χ4v) is 4.15. The largest absolute Gasteiger partial charge is 0.384 e. The molecule has 0 aromatic carbocycles. The van der Waals surface area contributed by atoms with Crippen LogP contribution in [0.4, 0.5) is 5.82 Å². The van der Waals surface area contributed by atoms with Gasteiger partial charge in [-0.15, -0.1) is 0 Å². The van der Waals surface area contributed by atoms with Gasteiger partial charge in [0.15, 0.2) is 0 Å². The highest BCUT2D eigenvalue weighted by Crippen LogP contribution is 2.37. The Kier molecular flexibility index (Phi) is 4.34. The highest BCUT2D eigenvalue weighted by molar-refractivity contribution is 5.86. The summed E-state index contributed by atoms with van der Waals surface area (Å²) in [5.41, 5.74) is 12.3. The molecule has 1 aliphatic rings. The molecule has 4 aromatic rings. The summed E-state index contributed by atoms with van der Waals surface area (Å²) >= 11 is 0. The maximum atomic E-state index is 6.03. The third kappa shape index (κ3) is 2.96. The van der Waals surface area contributed by atoms with Crippen LogP contribution in [0.2, 0.25) is 0 Å². The molecule has 4 aromatic heterocycles. The molecule has 5 rings (SSSR count). The Hall–Kier alpha value is -3.23. The minimum absolute atomic E-state index is 0.463. The van der Waals surface area contributed by atoms with Gasteiger partial charge in [0, 0.05) is 50.6 Å². The van der Waals surface area contributed by atoms with E-state index >= 15 is 0 Å². The number of nitrogens with zero attached hydrogens (tertiary/aromatic N) is 5. The van der Waals surface area contributed by atoms with Crippen LogP contribution in [0.15, 0.2) is 43.0 Å². The Morgan fingerprint density at radius 3 is 2.80 bits per heavy atom. The summed E-state index contributed by atoms with van der Waals surface area (Å²) in [6.45, 7) is 3.25. The van der Waals surface area contributed by atoms with E-state index in [0.717, 1.165) is 45.7 Å². The van der Waals surface area contributed by atoms with E-state index in [4.69, 9.17) is 20.2 Å². The molecule has 1 atom stereocenters. The van der Waals surface area contributed by atoms with Crippen LogP contribution >= 0.6 is 0 Å². The number of aryl methyl sites for hydroxylation is 2. The number of nitrogens with two attached hydrogens (primary N) is 1. The first kappa shape index (κ1) is 18.8. The van der Waals surface area contributed by atoms with Crippen LogP contribution in [-0.2, 0) is 22.1 Å². The molecular weight excluding hydrogens is 380 g/mol.